The van der Waals surface area contributed by atoms with Crippen LogP contribution in [0.1, 0.15) is 20.3 Å². The van der Waals surface area contributed by atoms with E-state index in [2.05, 4.69) is 23.5 Å². The van der Waals surface area contributed by atoms with Gasteiger partial charge in [-0.25, -0.2) is 17.4 Å². The van der Waals surface area contributed by atoms with Crippen LogP contribution < -0.4 is 4.72 Å². The van der Waals surface area contributed by atoms with Crippen LogP contribution in [0.4, 0.5) is 5.69 Å². The maximum absolute atomic E-state index is 12.5. The number of benzene rings is 1. The van der Waals surface area contributed by atoms with Gasteiger partial charge in [-0.05, 0) is 50.3 Å². The highest BCUT2D eigenvalue weighted by Gasteiger charge is 2.11. The summed E-state index contributed by atoms with van der Waals surface area (Å²) >= 11 is 0. The van der Waals surface area contributed by atoms with Crippen molar-refractivity contribution in [3.63, 3.8) is 0 Å². The minimum atomic E-state index is -3.33. The summed E-state index contributed by atoms with van der Waals surface area (Å²) in [5.74, 6) is 0.308. The molecular formula is C14H25N3O3S2. The van der Waals surface area contributed by atoms with E-state index in [9.17, 15) is 12.6 Å². The fraction of sp³-hybridized carbons (Fsp3) is 0.571. The molecule has 0 saturated heterocycles. The number of rotatable bonds is 9. The Morgan fingerprint density at radius 1 is 1.09 bits per heavy atom. The molecule has 1 rings (SSSR count). The molecule has 0 aliphatic rings. The lowest BCUT2D eigenvalue weighted by Crippen LogP contribution is -2.25. The van der Waals surface area contributed by atoms with Gasteiger partial charge in [-0.3, -0.25) is 4.72 Å². The van der Waals surface area contributed by atoms with Crippen LogP contribution in [0.15, 0.2) is 29.2 Å². The van der Waals surface area contributed by atoms with Crippen molar-refractivity contribution in [1.82, 2.24) is 4.90 Å². The summed E-state index contributed by atoms with van der Waals surface area (Å²) in [6, 6.07) is 6.18. The second-order valence-electron chi connectivity index (χ2n) is 5.16. The van der Waals surface area contributed by atoms with Crippen LogP contribution in [-0.2, 0) is 19.8 Å². The molecule has 8 heteroatoms. The van der Waals surface area contributed by atoms with Gasteiger partial charge in [0, 0.05) is 16.3 Å². The van der Waals surface area contributed by atoms with Crippen molar-refractivity contribution in [3.05, 3.63) is 24.3 Å². The molecule has 126 valence electrons. The molecule has 0 aromatic heterocycles. The molecule has 0 bridgehead atoms. The van der Waals surface area contributed by atoms with Crippen molar-refractivity contribution < 1.29 is 12.6 Å². The number of sulfonamides is 1. The number of hydrogen-bond acceptors (Lipinski definition) is 5. The third-order valence-electron chi connectivity index (χ3n) is 3.34. The highest BCUT2D eigenvalue weighted by molar-refractivity contribution is 7.92. The van der Waals surface area contributed by atoms with Crippen LogP contribution in [0.5, 0.6) is 0 Å². The van der Waals surface area contributed by atoms with Gasteiger partial charge in [-0.1, -0.05) is 13.8 Å². The van der Waals surface area contributed by atoms with Gasteiger partial charge in [0.15, 0.2) is 0 Å². The van der Waals surface area contributed by atoms with Crippen molar-refractivity contribution in [1.29, 1.82) is 4.78 Å². The molecule has 1 aromatic carbocycles. The number of anilines is 1. The summed E-state index contributed by atoms with van der Waals surface area (Å²) in [5, 5.41) is 0. The lowest BCUT2D eigenvalue weighted by Gasteiger charge is -2.18. The lowest BCUT2D eigenvalue weighted by atomic mass is 10.3. The molecule has 0 heterocycles. The average molecular weight is 348 g/mol. The van der Waals surface area contributed by atoms with Crippen LogP contribution in [0.2, 0.25) is 0 Å². The predicted molar refractivity (Wildman–Crippen MR) is 91.3 cm³/mol. The molecule has 1 atom stereocenters. The Hall–Kier alpha value is -1.12. The molecule has 2 N–H and O–H groups in total. The van der Waals surface area contributed by atoms with Crippen molar-refractivity contribution in [3.8, 4) is 0 Å². The standard InChI is InChI=1S/C14H25N3O3S2/c1-4-17(5-2)11-6-12-22(15,20)14-9-7-13(8-10-14)16-21(3,18)19/h7-10,15-16H,4-6,11-12H2,1-3H3. The maximum Gasteiger partial charge on any atom is 0.229 e. The van der Waals surface area contributed by atoms with Gasteiger partial charge in [0.1, 0.15) is 0 Å². The van der Waals surface area contributed by atoms with Gasteiger partial charge in [-0.15, -0.1) is 0 Å². The SMILES string of the molecule is CCN(CC)CCCS(=N)(=O)c1ccc(NS(C)(=O)=O)cc1. The van der Waals surface area contributed by atoms with Gasteiger partial charge in [0.25, 0.3) is 0 Å². The Labute approximate surface area is 133 Å². The van der Waals surface area contributed by atoms with Crippen LogP contribution in [0.3, 0.4) is 0 Å². The highest BCUT2D eigenvalue weighted by Crippen LogP contribution is 2.17. The molecule has 0 aliphatic heterocycles. The molecular weight excluding hydrogens is 322 g/mol. The van der Waals surface area contributed by atoms with E-state index in [0.29, 0.717) is 22.8 Å². The van der Waals surface area contributed by atoms with Crippen molar-refractivity contribution in [2.45, 2.75) is 25.2 Å². The molecule has 0 radical (unpaired) electrons. The molecule has 6 nitrogen and oxygen atoms in total. The van der Waals surface area contributed by atoms with Crippen LogP contribution >= 0.6 is 0 Å². The van der Waals surface area contributed by atoms with E-state index in [1.165, 1.54) is 12.1 Å². The summed E-state index contributed by atoms with van der Waals surface area (Å²) in [7, 11) is -6.17. The van der Waals surface area contributed by atoms with Gasteiger partial charge < -0.3 is 4.90 Å². The Bertz CT molecular complexity index is 664. The number of hydrogen-bond donors (Lipinski definition) is 2. The van der Waals surface area contributed by atoms with Crippen LogP contribution in [0, 0.1) is 4.78 Å². The second-order valence-corrected chi connectivity index (χ2v) is 9.14. The molecule has 0 aliphatic carbocycles. The maximum atomic E-state index is 12.5. The quantitative estimate of drug-likeness (QED) is 0.716. The molecule has 1 unspecified atom stereocenters. The molecule has 1 aromatic rings. The van der Waals surface area contributed by atoms with E-state index in [0.717, 1.165) is 25.9 Å². The Morgan fingerprint density at radius 3 is 2.09 bits per heavy atom. The van der Waals surface area contributed by atoms with E-state index in [1.54, 1.807) is 12.1 Å². The van der Waals surface area contributed by atoms with E-state index >= 15 is 0 Å². The van der Waals surface area contributed by atoms with E-state index in [-0.39, 0.29) is 0 Å². The smallest absolute Gasteiger partial charge is 0.229 e. The normalized spacial score (nSPS) is 14.7. The van der Waals surface area contributed by atoms with E-state index in [1.807, 2.05) is 0 Å². The van der Waals surface area contributed by atoms with E-state index in [4.69, 9.17) is 4.78 Å². The van der Waals surface area contributed by atoms with Crippen molar-refractivity contribution in [2.24, 2.45) is 0 Å². The van der Waals surface area contributed by atoms with Gasteiger partial charge in [0.05, 0.1) is 16.0 Å². The minimum Gasteiger partial charge on any atom is -0.304 e. The Morgan fingerprint density at radius 2 is 1.64 bits per heavy atom. The fourth-order valence-electron chi connectivity index (χ4n) is 2.11. The third-order valence-corrected chi connectivity index (χ3v) is 5.84. The first kappa shape index (κ1) is 18.9. The Balaban J connectivity index is 2.69. The summed E-state index contributed by atoms with van der Waals surface area (Å²) in [6.07, 6.45) is 1.77. The number of nitrogens with one attached hydrogen (secondary N) is 2. The van der Waals surface area contributed by atoms with Crippen molar-refractivity contribution in [2.75, 3.05) is 36.4 Å². The average Bonchev–Trinajstić information content (AvgIpc) is 2.42. The Kier molecular flexibility index (Phi) is 6.83. The summed E-state index contributed by atoms with van der Waals surface area (Å²) in [5.41, 5.74) is 0.407. The van der Waals surface area contributed by atoms with Crippen molar-refractivity contribution >= 4 is 25.4 Å². The first-order chi connectivity index (χ1) is 10.2. The van der Waals surface area contributed by atoms with Gasteiger partial charge in [-0.2, -0.15) is 0 Å². The predicted octanol–water partition coefficient (Wildman–Crippen LogP) is 2.20. The van der Waals surface area contributed by atoms with E-state index < -0.39 is 19.8 Å². The zero-order chi connectivity index (χ0) is 16.8. The van der Waals surface area contributed by atoms with Gasteiger partial charge >= 0.3 is 0 Å². The second kappa shape index (κ2) is 7.94. The van der Waals surface area contributed by atoms with Gasteiger partial charge in [0.2, 0.25) is 10.0 Å². The largest absolute Gasteiger partial charge is 0.304 e. The fourth-order valence-corrected chi connectivity index (χ4v) is 4.02. The number of nitrogens with zero attached hydrogens (tertiary/aromatic N) is 1. The zero-order valence-corrected chi connectivity index (χ0v) is 15.0. The topological polar surface area (TPSA) is 90.3 Å². The first-order valence-corrected chi connectivity index (χ1v) is 10.9. The third kappa shape index (κ3) is 6.33. The zero-order valence-electron chi connectivity index (χ0n) is 13.3. The summed E-state index contributed by atoms with van der Waals surface area (Å²) < 4.78 is 45.1. The van der Waals surface area contributed by atoms with Crippen LogP contribution in [-0.4, -0.2) is 49.2 Å². The first-order valence-electron chi connectivity index (χ1n) is 7.24. The lowest BCUT2D eigenvalue weighted by molar-refractivity contribution is 0.305. The molecule has 0 saturated carbocycles. The summed E-state index contributed by atoms with van der Waals surface area (Å²) in [4.78, 5) is 2.67. The van der Waals surface area contributed by atoms with Crippen LogP contribution in [0.25, 0.3) is 0 Å². The highest BCUT2D eigenvalue weighted by atomic mass is 32.2. The minimum absolute atomic E-state index is 0.308. The molecule has 0 spiro atoms. The molecule has 22 heavy (non-hydrogen) atoms. The summed E-state index contributed by atoms with van der Waals surface area (Å²) in [6.45, 7) is 6.88. The molecule has 0 fully saturated rings. The molecule has 0 amide bonds. The monoisotopic (exact) mass is 347 g/mol.